The highest BCUT2D eigenvalue weighted by Crippen LogP contribution is 2.28. The average Bonchev–Trinajstić information content (AvgIpc) is 2.92. The van der Waals surface area contributed by atoms with E-state index >= 15 is 0 Å². The monoisotopic (exact) mass is 549 g/mol. The summed E-state index contributed by atoms with van der Waals surface area (Å²) in [4.78, 5) is 27.4. The Morgan fingerprint density at radius 2 is 2.00 bits per heavy atom. The summed E-state index contributed by atoms with van der Waals surface area (Å²) in [5.41, 5.74) is 3.71. The second kappa shape index (κ2) is 16.1. The van der Waals surface area contributed by atoms with Crippen LogP contribution in [0.15, 0.2) is 48.6 Å². The van der Waals surface area contributed by atoms with Gasteiger partial charge in [0, 0.05) is 25.1 Å². The largest absolute Gasteiger partial charge is 0.504 e. The Kier molecular flexibility index (Phi) is 12.5. The Balaban J connectivity index is 1.49. The second-order valence-electron chi connectivity index (χ2n) is 11.2. The molecule has 218 valence electrons. The number of anilines is 1. The number of aryl methyl sites for hydroxylation is 1. The van der Waals surface area contributed by atoms with Gasteiger partial charge in [-0.05, 0) is 87.4 Å². The van der Waals surface area contributed by atoms with Crippen LogP contribution in [0.25, 0.3) is 0 Å². The van der Waals surface area contributed by atoms with Gasteiger partial charge < -0.3 is 20.5 Å². The van der Waals surface area contributed by atoms with E-state index in [2.05, 4.69) is 41.5 Å². The fraction of sp³-hybridized carbons (Fsp3) is 0.515. The van der Waals surface area contributed by atoms with Gasteiger partial charge in [0.15, 0.2) is 11.5 Å². The molecule has 2 amide bonds. The Bertz CT molecular complexity index is 1140. The van der Waals surface area contributed by atoms with Crippen molar-refractivity contribution < 1.29 is 19.4 Å². The van der Waals surface area contributed by atoms with Crippen LogP contribution < -0.4 is 15.4 Å². The predicted octanol–water partition coefficient (Wildman–Crippen LogP) is 6.13. The highest BCUT2D eigenvalue weighted by atomic mass is 16.5. The van der Waals surface area contributed by atoms with Crippen molar-refractivity contribution in [3.63, 3.8) is 0 Å². The van der Waals surface area contributed by atoms with Crippen molar-refractivity contribution in [2.75, 3.05) is 25.5 Å². The minimum atomic E-state index is -0.107. The highest BCUT2D eigenvalue weighted by Gasteiger charge is 2.26. The fourth-order valence-corrected chi connectivity index (χ4v) is 4.99. The molecule has 2 aromatic carbocycles. The third-order valence-corrected chi connectivity index (χ3v) is 7.37. The molecule has 0 spiro atoms. The fourth-order valence-electron chi connectivity index (χ4n) is 4.99. The van der Waals surface area contributed by atoms with Crippen molar-refractivity contribution in [1.82, 2.24) is 10.2 Å². The zero-order valence-corrected chi connectivity index (χ0v) is 24.7. The zero-order valence-electron chi connectivity index (χ0n) is 24.7. The summed E-state index contributed by atoms with van der Waals surface area (Å²) in [6.07, 6.45) is 11.4. The van der Waals surface area contributed by atoms with Gasteiger partial charge in [-0.3, -0.25) is 14.5 Å². The quantitative estimate of drug-likeness (QED) is 0.195. The minimum absolute atomic E-state index is 0.0248. The summed E-state index contributed by atoms with van der Waals surface area (Å²) >= 11 is 0. The molecule has 0 saturated carbocycles. The van der Waals surface area contributed by atoms with E-state index in [1.165, 1.54) is 0 Å². The van der Waals surface area contributed by atoms with Crippen molar-refractivity contribution in [2.45, 2.75) is 84.7 Å². The maximum Gasteiger partial charge on any atom is 0.241 e. The normalized spacial score (nSPS) is 15.9. The molecular weight excluding hydrogens is 502 g/mol. The van der Waals surface area contributed by atoms with E-state index < -0.39 is 0 Å². The van der Waals surface area contributed by atoms with E-state index in [4.69, 9.17) is 4.74 Å². The lowest BCUT2D eigenvalue weighted by molar-refractivity contribution is -0.122. The Hall–Kier alpha value is -3.32. The molecule has 0 aliphatic carbocycles. The van der Waals surface area contributed by atoms with Crippen LogP contribution >= 0.6 is 0 Å². The van der Waals surface area contributed by atoms with E-state index in [0.717, 1.165) is 67.4 Å². The number of unbranched alkanes of at least 4 members (excludes halogenated alkanes) is 2. The lowest BCUT2D eigenvalue weighted by Gasteiger charge is -2.31. The van der Waals surface area contributed by atoms with Crippen molar-refractivity contribution in [3.8, 4) is 11.5 Å². The molecule has 1 heterocycles. The van der Waals surface area contributed by atoms with Gasteiger partial charge >= 0.3 is 0 Å². The number of aromatic hydroxyl groups is 1. The van der Waals surface area contributed by atoms with Gasteiger partial charge in [0.2, 0.25) is 11.8 Å². The van der Waals surface area contributed by atoms with Crippen molar-refractivity contribution in [3.05, 3.63) is 65.2 Å². The number of piperidine rings is 1. The molecule has 1 saturated heterocycles. The maximum atomic E-state index is 13.0. The van der Waals surface area contributed by atoms with Crippen LogP contribution in [-0.4, -0.2) is 48.1 Å². The number of carbonyl (C=O) groups is 2. The average molecular weight is 550 g/mol. The number of hydrogen-bond donors (Lipinski definition) is 3. The van der Waals surface area contributed by atoms with Crippen LogP contribution in [0.4, 0.5) is 5.69 Å². The molecule has 0 bridgehead atoms. The van der Waals surface area contributed by atoms with Gasteiger partial charge in [-0.15, -0.1) is 0 Å². The third-order valence-electron chi connectivity index (χ3n) is 7.37. The molecule has 0 radical (unpaired) electrons. The van der Waals surface area contributed by atoms with Gasteiger partial charge in [0.25, 0.3) is 0 Å². The lowest BCUT2D eigenvalue weighted by atomic mass is 10.0. The number of rotatable bonds is 14. The second-order valence-corrected chi connectivity index (χ2v) is 11.2. The number of para-hydroxylation sites is 1. The number of hydrogen-bond acceptors (Lipinski definition) is 5. The van der Waals surface area contributed by atoms with E-state index in [1.54, 1.807) is 18.2 Å². The Labute approximate surface area is 240 Å². The predicted molar refractivity (Wildman–Crippen MR) is 162 cm³/mol. The molecule has 40 heavy (non-hydrogen) atoms. The lowest BCUT2D eigenvalue weighted by Crippen LogP contribution is -2.44. The van der Waals surface area contributed by atoms with Crippen LogP contribution in [0.1, 0.15) is 75.5 Å². The molecule has 1 aliphatic rings. The maximum absolute atomic E-state index is 13.0. The van der Waals surface area contributed by atoms with Gasteiger partial charge in [0.1, 0.15) is 0 Å². The van der Waals surface area contributed by atoms with Crippen molar-refractivity contribution in [2.24, 2.45) is 5.92 Å². The number of nitrogens with zero attached hydrogens (tertiary/aromatic N) is 1. The topological polar surface area (TPSA) is 90.9 Å². The number of carbonyl (C=O) groups excluding carboxylic acids is 2. The molecule has 7 heteroatoms. The highest BCUT2D eigenvalue weighted by molar-refractivity contribution is 5.96. The zero-order chi connectivity index (χ0) is 28.9. The van der Waals surface area contributed by atoms with Crippen LogP contribution in [0.5, 0.6) is 11.5 Å². The summed E-state index contributed by atoms with van der Waals surface area (Å²) in [6, 6.07) is 11.0. The molecule has 1 fully saturated rings. The summed E-state index contributed by atoms with van der Waals surface area (Å²) < 4.78 is 5.95. The number of ether oxygens (including phenoxy) is 1. The first-order valence-corrected chi connectivity index (χ1v) is 14.7. The molecule has 1 aliphatic heterocycles. The molecule has 1 unspecified atom stereocenters. The number of benzene rings is 2. The standard InChI is InChI=1S/C33H47N3O4/c1-24(2)12-7-5-6-8-16-31(38)34-23-26-17-18-29(37)30(22-26)40-21-19-27-14-11-13-25(3)32(27)35-33(39)28-15-9-10-20-36(28)4/h7,11-14,17-18,22,24,28,37H,5-6,8-10,15-16,19-21,23H2,1-4H3,(H,34,38)(H,35,39)/b12-7+. The number of phenolic OH excluding ortho intramolecular Hbond substituents is 1. The van der Waals surface area contributed by atoms with Crippen LogP contribution in [0.2, 0.25) is 0 Å². The first kappa shape index (κ1) is 31.2. The van der Waals surface area contributed by atoms with Gasteiger partial charge in [-0.25, -0.2) is 0 Å². The van der Waals surface area contributed by atoms with E-state index in [9.17, 15) is 14.7 Å². The van der Waals surface area contributed by atoms with Gasteiger partial charge in [0.05, 0.1) is 12.6 Å². The van der Waals surface area contributed by atoms with Gasteiger partial charge in [-0.1, -0.05) is 56.7 Å². The van der Waals surface area contributed by atoms with E-state index in [-0.39, 0.29) is 23.6 Å². The number of likely N-dealkylation sites (N-methyl/N-ethyl adjacent to an activating group) is 1. The number of likely N-dealkylation sites (tertiary alicyclic amines) is 1. The van der Waals surface area contributed by atoms with Crippen molar-refractivity contribution in [1.29, 1.82) is 0 Å². The Morgan fingerprint density at radius 3 is 2.77 bits per heavy atom. The molecule has 2 aromatic rings. The number of phenols is 1. The summed E-state index contributed by atoms with van der Waals surface area (Å²) in [5, 5.41) is 16.5. The number of allylic oxidation sites excluding steroid dienone is 2. The van der Waals surface area contributed by atoms with E-state index in [0.29, 0.717) is 37.7 Å². The SMILES string of the molecule is Cc1cccc(CCOc2cc(CNC(=O)CCCC/C=C/C(C)C)ccc2O)c1NC(=O)C1CCCCN1C. The molecule has 3 N–H and O–H groups in total. The number of nitrogens with one attached hydrogen (secondary N) is 2. The van der Waals surface area contributed by atoms with Crippen LogP contribution in [-0.2, 0) is 22.6 Å². The molecule has 7 nitrogen and oxygen atoms in total. The molecular formula is C33H47N3O4. The minimum Gasteiger partial charge on any atom is -0.504 e. The summed E-state index contributed by atoms with van der Waals surface area (Å²) in [5.74, 6) is 1.06. The summed E-state index contributed by atoms with van der Waals surface area (Å²) in [6.45, 7) is 7.97. The van der Waals surface area contributed by atoms with Crippen LogP contribution in [0, 0.1) is 12.8 Å². The first-order valence-electron chi connectivity index (χ1n) is 14.7. The smallest absolute Gasteiger partial charge is 0.241 e. The van der Waals surface area contributed by atoms with Gasteiger partial charge in [-0.2, -0.15) is 0 Å². The molecule has 0 aromatic heterocycles. The van der Waals surface area contributed by atoms with E-state index in [1.807, 2.05) is 32.2 Å². The number of amides is 2. The summed E-state index contributed by atoms with van der Waals surface area (Å²) in [7, 11) is 2.01. The molecule has 1 atom stereocenters. The van der Waals surface area contributed by atoms with Crippen molar-refractivity contribution >= 4 is 17.5 Å². The Morgan fingerprint density at radius 1 is 1.18 bits per heavy atom. The first-order chi connectivity index (χ1) is 19.2. The molecule has 3 rings (SSSR count). The van der Waals surface area contributed by atoms with Crippen LogP contribution in [0.3, 0.4) is 0 Å². The third kappa shape index (κ3) is 10.0.